The predicted molar refractivity (Wildman–Crippen MR) is 109 cm³/mol. The minimum absolute atomic E-state index is 0.316. The first-order chi connectivity index (χ1) is 13.0. The Balaban J connectivity index is 0.000000260. The number of ether oxygens (including phenoxy) is 1. The number of nitrogens with zero attached hydrogens (tertiary/aromatic N) is 1. The lowest BCUT2D eigenvalue weighted by Gasteiger charge is -2.58. The highest BCUT2D eigenvalue weighted by Gasteiger charge is 2.53. The van der Waals surface area contributed by atoms with E-state index in [0.717, 1.165) is 30.6 Å². The number of hydrogen-bond donors (Lipinski definition) is 1. The maximum atomic E-state index is 9.76. The second-order valence-corrected chi connectivity index (χ2v) is 8.53. The summed E-state index contributed by atoms with van der Waals surface area (Å²) in [7, 11) is 4.12. The third-order valence-electron chi connectivity index (χ3n) is 7.07. The lowest BCUT2D eigenvalue weighted by atomic mass is 9.52. The van der Waals surface area contributed by atoms with E-state index in [1.165, 1.54) is 45.1 Å². The first kappa shape index (κ1) is 20.2. The molecule has 2 fully saturated rings. The Morgan fingerprint density at radius 2 is 2.15 bits per heavy atom. The molecule has 0 aromatic heterocycles. The van der Waals surface area contributed by atoms with Crippen molar-refractivity contribution >= 4 is 5.97 Å². The molecule has 1 saturated carbocycles. The number of fused-ring (bicyclic) bond motifs is 1. The summed E-state index contributed by atoms with van der Waals surface area (Å²) in [5.74, 6) is 1.22. The molecule has 4 heteroatoms. The summed E-state index contributed by atoms with van der Waals surface area (Å²) >= 11 is 0. The molecule has 1 heterocycles. The van der Waals surface area contributed by atoms with Crippen molar-refractivity contribution in [3.05, 3.63) is 29.3 Å². The lowest BCUT2D eigenvalue weighted by molar-refractivity contribution is -0.137. The molecule has 3 atom stereocenters. The van der Waals surface area contributed by atoms with Gasteiger partial charge >= 0.3 is 5.97 Å². The van der Waals surface area contributed by atoms with Crippen LogP contribution in [0.15, 0.2) is 18.2 Å². The summed E-state index contributed by atoms with van der Waals surface area (Å²) in [6.45, 7) is 3.24. The van der Waals surface area contributed by atoms with E-state index in [-0.39, 0.29) is 0 Å². The van der Waals surface area contributed by atoms with Crippen molar-refractivity contribution in [1.82, 2.24) is 4.90 Å². The third-order valence-corrected chi connectivity index (χ3v) is 7.07. The van der Waals surface area contributed by atoms with E-state index in [0.29, 0.717) is 11.8 Å². The third kappa shape index (κ3) is 4.01. The molecule has 27 heavy (non-hydrogen) atoms. The average Bonchev–Trinajstić information content (AvgIpc) is 2.69. The summed E-state index contributed by atoms with van der Waals surface area (Å²) < 4.78 is 5.51. The maximum Gasteiger partial charge on any atom is 0.303 e. The Bertz CT molecular complexity index is 659. The molecule has 1 aliphatic heterocycles. The number of carboxylic acid groups (broad SMARTS) is 1. The van der Waals surface area contributed by atoms with Gasteiger partial charge in [-0.15, -0.1) is 0 Å². The van der Waals surface area contributed by atoms with Gasteiger partial charge in [0.25, 0.3) is 0 Å². The minimum atomic E-state index is -0.693. The van der Waals surface area contributed by atoms with E-state index in [1.54, 1.807) is 18.2 Å². The molecule has 0 spiro atoms. The fourth-order valence-corrected chi connectivity index (χ4v) is 5.63. The monoisotopic (exact) mass is 373 g/mol. The van der Waals surface area contributed by atoms with Crippen LogP contribution in [-0.4, -0.2) is 42.7 Å². The quantitative estimate of drug-likeness (QED) is 0.835. The standard InChI is InChI=1S/C18H25NO.C5H10O2/c1-19-10-9-18-8-4-3-5-15(18)17(19)11-13-6-7-14(20-2)12-16(13)18;1-2-3-4-5(6)7/h6-7,12,15,17H,3-5,8-11H2,1-2H3;2-4H2,1H3,(H,6,7)/t15-,17+,18+;/m1./s1. The molecular weight excluding hydrogens is 338 g/mol. The highest BCUT2D eigenvalue weighted by molar-refractivity contribution is 5.66. The zero-order chi connectivity index (χ0) is 19.4. The van der Waals surface area contributed by atoms with Crippen LogP contribution in [0.2, 0.25) is 0 Å². The highest BCUT2D eigenvalue weighted by atomic mass is 16.5. The Morgan fingerprint density at radius 1 is 1.33 bits per heavy atom. The van der Waals surface area contributed by atoms with E-state index in [2.05, 4.69) is 30.1 Å². The van der Waals surface area contributed by atoms with E-state index in [9.17, 15) is 4.79 Å². The molecule has 0 amide bonds. The first-order valence-electron chi connectivity index (χ1n) is 10.6. The van der Waals surface area contributed by atoms with E-state index < -0.39 is 5.97 Å². The smallest absolute Gasteiger partial charge is 0.303 e. The number of rotatable bonds is 4. The Morgan fingerprint density at radius 3 is 2.81 bits per heavy atom. The number of likely N-dealkylation sites (N-methyl/N-ethyl adjacent to an activating group) is 1. The molecule has 3 aliphatic rings. The van der Waals surface area contributed by atoms with Gasteiger partial charge in [0.15, 0.2) is 0 Å². The molecule has 1 saturated heterocycles. The second-order valence-electron chi connectivity index (χ2n) is 8.53. The van der Waals surface area contributed by atoms with Crippen molar-refractivity contribution in [2.75, 3.05) is 20.7 Å². The fourth-order valence-electron chi connectivity index (χ4n) is 5.63. The van der Waals surface area contributed by atoms with Crippen molar-refractivity contribution in [3.8, 4) is 5.75 Å². The van der Waals surface area contributed by atoms with E-state index in [1.807, 2.05) is 6.92 Å². The summed E-state index contributed by atoms with van der Waals surface area (Å²) in [6.07, 6.45) is 10.3. The Hall–Kier alpha value is -1.55. The van der Waals surface area contributed by atoms with E-state index >= 15 is 0 Å². The molecule has 0 radical (unpaired) electrons. The highest BCUT2D eigenvalue weighted by Crippen LogP contribution is 2.55. The normalized spacial score (nSPS) is 29.0. The van der Waals surface area contributed by atoms with Crippen LogP contribution < -0.4 is 4.74 Å². The van der Waals surface area contributed by atoms with Crippen molar-refractivity contribution in [3.63, 3.8) is 0 Å². The molecule has 4 nitrogen and oxygen atoms in total. The fraction of sp³-hybridized carbons (Fsp3) is 0.696. The van der Waals surface area contributed by atoms with Crippen molar-refractivity contribution in [2.24, 2.45) is 5.92 Å². The number of aliphatic carboxylic acids is 1. The van der Waals surface area contributed by atoms with Crippen LogP contribution in [0.3, 0.4) is 0 Å². The van der Waals surface area contributed by atoms with Crippen LogP contribution in [0, 0.1) is 5.92 Å². The number of carbonyl (C=O) groups is 1. The number of methoxy groups -OCH3 is 1. The lowest BCUT2D eigenvalue weighted by Crippen LogP contribution is -2.59. The average molecular weight is 374 g/mol. The van der Waals surface area contributed by atoms with Gasteiger partial charge in [-0.25, -0.2) is 0 Å². The van der Waals surface area contributed by atoms with E-state index in [4.69, 9.17) is 9.84 Å². The van der Waals surface area contributed by atoms with Crippen LogP contribution in [0.25, 0.3) is 0 Å². The van der Waals surface area contributed by atoms with Crippen LogP contribution in [0.1, 0.15) is 69.4 Å². The molecule has 2 bridgehead atoms. The zero-order valence-electron chi connectivity index (χ0n) is 17.2. The van der Waals surface area contributed by atoms with Crippen LogP contribution in [0.4, 0.5) is 0 Å². The predicted octanol–water partition coefficient (Wildman–Crippen LogP) is 4.64. The maximum absolute atomic E-state index is 9.76. The SMILES string of the molecule is CCCCC(=O)O.COc1ccc2c(c1)[C@]13CCCC[C@@H]1[C@H](C2)N(C)CC3. The number of carboxylic acids is 1. The van der Waals surface area contributed by atoms with Crippen LogP contribution >= 0.6 is 0 Å². The van der Waals surface area contributed by atoms with Gasteiger partial charge in [-0.2, -0.15) is 0 Å². The summed E-state index contributed by atoms with van der Waals surface area (Å²) in [5.41, 5.74) is 3.67. The summed E-state index contributed by atoms with van der Waals surface area (Å²) in [6, 6.07) is 7.60. The van der Waals surface area contributed by atoms with Gasteiger partial charge in [0.05, 0.1) is 7.11 Å². The number of benzene rings is 1. The molecule has 1 N–H and O–H groups in total. The van der Waals surface area contributed by atoms with Crippen LogP contribution in [0.5, 0.6) is 5.75 Å². The van der Waals surface area contributed by atoms with Gasteiger partial charge in [0.1, 0.15) is 5.75 Å². The molecule has 2 aliphatic carbocycles. The number of hydrogen-bond acceptors (Lipinski definition) is 3. The Labute approximate surface area is 163 Å². The van der Waals surface area contributed by atoms with Gasteiger partial charge in [-0.3, -0.25) is 4.79 Å². The Kier molecular flexibility index (Phi) is 6.46. The van der Waals surface area contributed by atoms with Crippen LogP contribution in [-0.2, 0) is 16.6 Å². The van der Waals surface area contributed by atoms with Crippen molar-refractivity contribution < 1.29 is 14.6 Å². The molecule has 0 unspecified atom stereocenters. The molecular formula is C23H35NO3. The molecule has 150 valence electrons. The topological polar surface area (TPSA) is 49.8 Å². The van der Waals surface area contributed by atoms with Gasteiger partial charge in [0.2, 0.25) is 0 Å². The second kappa shape index (κ2) is 8.64. The number of likely N-dealkylation sites (tertiary alicyclic amines) is 1. The largest absolute Gasteiger partial charge is 0.497 e. The summed E-state index contributed by atoms with van der Waals surface area (Å²) in [4.78, 5) is 12.4. The number of unbranched alkanes of at least 4 members (excludes halogenated alkanes) is 1. The van der Waals surface area contributed by atoms with Gasteiger partial charge in [-0.05, 0) is 74.9 Å². The van der Waals surface area contributed by atoms with Crippen molar-refractivity contribution in [1.29, 1.82) is 0 Å². The zero-order valence-corrected chi connectivity index (χ0v) is 17.2. The van der Waals surface area contributed by atoms with Crippen molar-refractivity contribution in [2.45, 2.75) is 76.2 Å². The summed E-state index contributed by atoms with van der Waals surface area (Å²) in [5, 5.41) is 8.04. The van der Waals surface area contributed by atoms with Gasteiger partial charge < -0.3 is 14.7 Å². The molecule has 4 rings (SSSR count). The van der Waals surface area contributed by atoms with Gasteiger partial charge in [-0.1, -0.05) is 32.3 Å². The number of piperidine rings is 1. The first-order valence-corrected chi connectivity index (χ1v) is 10.6. The molecule has 1 aromatic rings. The molecule has 1 aromatic carbocycles. The van der Waals surface area contributed by atoms with Gasteiger partial charge in [0, 0.05) is 17.9 Å². The minimum Gasteiger partial charge on any atom is -0.497 e.